The highest BCUT2D eigenvalue weighted by atomic mass is 16.7. The Kier molecular flexibility index (Phi) is 15.4. The van der Waals surface area contributed by atoms with Crippen molar-refractivity contribution in [1.82, 2.24) is 10.2 Å². The summed E-state index contributed by atoms with van der Waals surface area (Å²) >= 11 is 0. The van der Waals surface area contributed by atoms with E-state index in [1.807, 2.05) is 32.8 Å². The van der Waals surface area contributed by atoms with Gasteiger partial charge in [-0.1, -0.05) is 34.6 Å². The Morgan fingerprint density at radius 1 is 1.06 bits per heavy atom. The molecule has 2 heterocycles. The number of esters is 1. The van der Waals surface area contributed by atoms with Gasteiger partial charge in [0.25, 0.3) is 0 Å². The molecular formula is C37H65N3O10. The van der Waals surface area contributed by atoms with E-state index < -0.39 is 70.9 Å². The van der Waals surface area contributed by atoms with Crippen molar-refractivity contribution >= 4 is 23.4 Å². The zero-order chi connectivity index (χ0) is 38.5. The summed E-state index contributed by atoms with van der Waals surface area (Å²) in [7, 11) is 3.68. The van der Waals surface area contributed by atoms with Crippen LogP contribution < -0.4 is 5.32 Å². The number of likely N-dealkylation sites (N-methyl/N-ethyl adjacent to an activating group) is 1. The smallest absolute Gasteiger partial charge is 0.319 e. The Balaban J connectivity index is 2.87. The van der Waals surface area contributed by atoms with Crippen molar-refractivity contribution in [3.63, 3.8) is 0 Å². The number of Topliss-reactive ketones (excluding diaryl/α,β-unsaturated/α-hetero) is 1. The first-order chi connectivity index (χ1) is 23.0. The number of nitrogens with one attached hydrogen (secondary N) is 2. The van der Waals surface area contributed by atoms with E-state index in [-0.39, 0.29) is 49.6 Å². The molecule has 0 spiro atoms. The van der Waals surface area contributed by atoms with Crippen molar-refractivity contribution in [3.05, 3.63) is 11.3 Å². The lowest BCUT2D eigenvalue weighted by Gasteiger charge is -2.46. The van der Waals surface area contributed by atoms with Gasteiger partial charge in [0.1, 0.15) is 29.3 Å². The third-order valence-electron chi connectivity index (χ3n) is 10.4. The fourth-order valence-corrected chi connectivity index (χ4v) is 7.32. The van der Waals surface area contributed by atoms with Gasteiger partial charge in [-0.05, 0) is 92.8 Å². The summed E-state index contributed by atoms with van der Waals surface area (Å²) in [5, 5.41) is 47.1. The zero-order valence-electron chi connectivity index (χ0n) is 32.6. The van der Waals surface area contributed by atoms with Gasteiger partial charge in [-0.2, -0.15) is 0 Å². The first-order valence-corrected chi connectivity index (χ1v) is 18.0. The Morgan fingerprint density at radius 3 is 2.18 bits per heavy atom. The second-order valence-corrected chi connectivity index (χ2v) is 15.5. The molecule has 2 aliphatic rings. The summed E-state index contributed by atoms with van der Waals surface area (Å²) in [4.78, 5) is 43.1. The van der Waals surface area contributed by atoms with E-state index in [0.29, 0.717) is 24.1 Å². The van der Waals surface area contributed by atoms with E-state index in [2.05, 4.69) is 5.32 Å². The molecule has 0 unspecified atom stereocenters. The minimum atomic E-state index is -1.87. The van der Waals surface area contributed by atoms with Crippen LogP contribution in [0.5, 0.6) is 0 Å². The predicted molar refractivity (Wildman–Crippen MR) is 189 cm³/mol. The average molecular weight is 712 g/mol. The number of rotatable bonds is 10. The molecule has 2 rings (SSSR count). The number of cyclic esters (lactones) is 1. The van der Waals surface area contributed by atoms with Crippen molar-refractivity contribution in [1.29, 1.82) is 5.41 Å². The van der Waals surface area contributed by atoms with Crippen LogP contribution in [-0.2, 0) is 33.3 Å². The highest BCUT2D eigenvalue weighted by Crippen LogP contribution is 2.40. The number of carbonyl (C=O) groups is 3. The number of hydrogen-bond donors (Lipinski definition) is 5. The third-order valence-corrected chi connectivity index (χ3v) is 10.4. The first-order valence-electron chi connectivity index (χ1n) is 18.0. The SMILES string of the molecule is CCC(=N)CO[C@@H]1C(C)=C(NC(=O)CC)[C@H](C)C[C@@](C)(O)[C@H](O[C@@H]2O[C@H](C)C[C@H](N(C)C)[C@H]2O)[C@@H](C)C(=O)C(C)(C)C(=O)O[C@H](CC)[C@@]1(C)O. The molecule has 1 fully saturated rings. The van der Waals surface area contributed by atoms with Gasteiger partial charge < -0.3 is 49.9 Å². The van der Waals surface area contributed by atoms with Crippen LogP contribution in [0.3, 0.4) is 0 Å². The largest absolute Gasteiger partial charge is 0.458 e. The molecule has 0 saturated carbocycles. The van der Waals surface area contributed by atoms with Crippen molar-refractivity contribution in [2.75, 3.05) is 20.7 Å². The summed E-state index contributed by atoms with van der Waals surface area (Å²) < 4.78 is 24.7. The van der Waals surface area contributed by atoms with Crippen LogP contribution in [0.1, 0.15) is 108 Å². The molecule has 288 valence electrons. The van der Waals surface area contributed by atoms with Gasteiger partial charge in [0, 0.05) is 29.8 Å². The van der Waals surface area contributed by atoms with E-state index >= 15 is 0 Å². The molecular weight excluding hydrogens is 646 g/mol. The predicted octanol–water partition coefficient (Wildman–Crippen LogP) is 3.51. The van der Waals surface area contributed by atoms with Gasteiger partial charge in [0.15, 0.2) is 12.1 Å². The van der Waals surface area contributed by atoms with E-state index in [0.717, 1.165) is 0 Å². The summed E-state index contributed by atoms with van der Waals surface area (Å²) in [6.45, 7) is 17.9. The number of nitrogens with zero attached hydrogens (tertiary/aromatic N) is 1. The molecule has 13 heteroatoms. The fraction of sp³-hybridized carbons (Fsp3) is 0.838. The van der Waals surface area contributed by atoms with E-state index in [1.54, 1.807) is 34.6 Å². The van der Waals surface area contributed by atoms with Gasteiger partial charge in [0.05, 0.1) is 24.4 Å². The molecule has 0 aromatic heterocycles. The Morgan fingerprint density at radius 2 is 1.66 bits per heavy atom. The topological polar surface area (TPSA) is 188 Å². The Bertz CT molecular complexity index is 1250. The number of hydrogen-bond acceptors (Lipinski definition) is 12. The van der Waals surface area contributed by atoms with Crippen LogP contribution in [0.2, 0.25) is 0 Å². The highest BCUT2D eigenvalue weighted by Gasteiger charge is 2.53. The monoisotopic (exact) mass is 711 g/mol. The van der Waals surface area contributed by atoms with Gasteiger partial charge in [-0.15, -0.1) is 0 Å². The van der Waals surface area contributed by atoms with E-state index in [4.69, 9.17) is 24.4 Å². The van der Waals surface area contributed by atoms with Crippen molar-refractivity contribution in [3.8, 4) is 0 Å². The van der Waals surface area contributed by atoms with Crippen LogP contribution in [0.25, 0.3) is 0 Å². The number of allylic oxidation sites excluding steroid dienone is 1. The lowest BCUT2D eigenvalue weighted by molar-refractivity contribution is -0.293. The molecule has 0 aromatic carbocycles. The lowest BCUT2D eigenvalue weighted by atomic mass is 9.73. The number of amides is 1. The molecule has 0 aromatic rings. The van der Waals surface area contributed by atoms with Crippen LogP contribution in [0, 0.1) is 22.7 Å². The molecule has 5 N–H and O–H groups in total. The van der Waals surface area contributed by atoms with E-state index in [9.17, 15) is 29.7 Å². The molecule has 13 nitrogen and oxygen atoms in total. The highest BCUT2D eigenvalue weighted by molar-refractivity contribution is 6.04. The van der Waals surface area contributed by atoms with Gasteiger partial charge >= 0.3 is 5.97 Å². The third kappa shape index (κ3) is 9.99. The summed E-state index contributed by atoms with van der Waals surface area (Å²) in [6, 6.07) is -0.324. The van der Waals surface area contributed by atoms with Gasteiger partial charge in [0.2, 0.25) is 5.91 Å². The summed E-state index contributed by atoms with van der Waals surface area (Å²) in [5.74, 6) is -3.49. The molecule has 0 aliphatic carbocycles. The second-order valence-electron chi connectivity index (χ2n) is 15.5. The number of aliphatic hydroxyl groups excluding tert-OH is 1. The number of ether oxygens (including phenoxy) is 4. The normalized spacial score (nSPS) is 37.7. The maximum Gasteiger partial charge on any atom is 0.319 e. The van der Waals surface area contributed by atoms with Gasteiger partial charge in [-0.3, -0.25) is 14.4 Å². The molecule has 0 bridgehead atoms. The van der Waals surface area contributed by atoms with Crippen molar-refractivity contribution in [2.45, 2.75) is 162 Å². The Labute approximate surface area is 298 Å². The van der Waals surface area contributed by atoms with Crippen molar-refractivity contribution in [2.24, 2.45) is 17.3 Å². The summed E-state index contributed by atoms with van der Waals surface area (Å²) in [5.41, 5.74) is -4.35. The number of carbonyl (C=O) groups excluding carboxylic acids is 3. The van der Waals surface area contributed by atoms with Crippen LogP contribution in [-0.4, -0.2) is 118 Å². The molecule has 2 aliphatic heterocycles. The van der Waals surface area contributed by atoms with Gasteiger partial charge in [-0.25, -0.2) is 0 Å². The standard InChI is InChI=1S/C37H65N3O10/c1-14-24(38)19-47-32-22(6)28(39-27(41)16-3)20(4)18-36(10,45)31(50-33-29(42)25(40(12)13)17-21(5)48-33)23(7)30(43)35(8,9)34(44)49-26(15-2)37(32,11)46/h20-21,23,25-26,29,31-33,38,42,45-46H,14-19H2,1-13H3,(H,39,41)/t20-,21-,23+,25+,26-,29-,31-,32-,33+,36-,37-/m1/s1. The molecule has 1 saturated heterocycles. The fourth-order valence-electron chi connectivity index (χ4n) is 7.32. The number of aliphatic hydroxyl groups is 3. The average Bonchev–Trinajstić information content (AvgIpc) is 3.03. The molecule has 1 amide bonds. The minimum Gasteiger partial charge on any atom is -0.458 e. The van der Waals surface area contributed by atoms with Crippen LogP contribution in [0.15, 0.2) is 11.3 Å². The van der Waals surface area contributed by atoms with E-state index in [1.165, 1.54) is 27.7 Å². The van der Waals surface area contributed by atoms with Crippen molar-refractivity contribution < 1.29 is 48.7 Å². The second kappa shape index (κ2) is 17.5. The molecule has 11 atom stereocenters. The summed E-state index contributed by atoms with van der Waals surface area (Å²) in [6.07, 6.45) is -5.04. The maximum absolute atomic E-state index is 14.3. The molecule has 0 radical (unpaired) electrons. The Hall–Kier alpha value is -2.26. The first kappa shape index (κ1) is 43.9. The lowest BCUT2D eigenvalue weighted by Crippen LogP contribution is -2.59. The van der Waals surface area contributed by atoms with Crippen LogP contribution in [0.4, 0.5) is 0 Å². The number of ketones is 1. The maximum atomic E-state index is 14.3. The quantitative estimate of drug-likeness (QED) is 0.127. The van der Waals surface area contributed by atoms with Crippen LogP contribution >= 0.6 is 0 Å². The zero-order valence-corrected chi connectivity index (χ0v) is 32.6. The molecule has 50 heavy (non-hydrogen) atoms. The minimum absolute atomic E-state index is 0.0524.